The van der Waals surface area contributed by atoms with E-state index in [1.165, 1.54) is 0 Å². The fourth-order valence-corrected chi connectivity index (χ4v) is 1.47. The molecule has 1 aromatic rings. The number of para-hydroxylation sites is 1. The molecule has 0 aromatic heterocycles. The van der Waals surface area contributed by atoms with Gasteiger partial charge in [-0.2, -0.15) is 0 Å². The van der Waals surface area contributed by atoms with Gasteiger partial charge in [-0.3, -0.25) is 4.79 Å². The van der Waals surface area contributed by atoms with Crippen LogP contribution >= 0.6 is 12.2 Å². The first-order valence-corrected chi connectivity index (χ1v) is 5.78. The summed E-state index contributed by atoms with van der Waals surface area (Å²) in [6.07, 6.45) is 0. The summed E-state index contributed by atoms with van der Waals surface area (Å²) in [5, 5.41) is 0. The van der Waals surface area contributed by atoms with Gasteiger partial charge in [-0.1, -0.05) is 30.4 Å². The zero-order valence-electron chi connectivity index (χ0n) is 9.76. The summed E-state index contributed by atoms with van der Waals surface area (Å²) in [6.45, 7) is 2.73. The summed E-state index contributed by atoms with van der Waals surface area (Å²) in [5.74, 6) is 0.552. The van der Waals surface area contributed by atoms with Gasteiger partial charge in [0, 0.05) is 6.54 Å². The predicted octanol–water partition coefficient (Wildman–Crippen LogP) is 1.20. The van der Waals surface area contributed by atoms with Crippen LogP contribution < -0.4 is 10.5 Å². The first-order chi connectivity index (χ1) is 8.13. The molecule has 0 aliphatic heterocycles. The highest BCUT2D eigenvalue weighted by molar-refractivity contribution is 7.80. The van der Waals surface area contributed by atoms with Gasteiger partial charge >= 0.3 is 0 Å². The molecule has 2 N–H and O–H groups in total. The minimum absolute atomic E-state index is 0.000463. The van der Waals surface area contributed by atoms with Gasteiger partial charge in [0.05, 0.1) is 11.5 Å². The van der Waals surface area contributed by atoms with Crippen LogP contribution in [0.3, 0.4) is 0 Å². The van der Waals surface area contributed by atoms with Gasteiger partial charge in [-0.25, -0.2) is 0 Å². The van der Waals surface area contributed by atoms with Crippen LogP contribution in [0, 0.1) is 0 Å². The number of likely N-dealkylation sites (N-methyl/N-ethyl adjacent to an activating group) is 1. The van der Waals surface area contributed by atoms with Gasteiger partial charge < -0.3 is 15.4 Å². The highest BCUT2D eigenvalue weighted by Gasteiger charge is 2.12. The predicted molar refractivity (Wildman–Crippen MR) is 71.0 cm³/mol. The largest absolute Gasteiger partial charge is 0.484 e. The second-order valence-electron chi connectivity index (χ2n) is 3.48. The third kappa shape index (κ3) is 4.82. The summed E-state index contributed by atoms with van der Waals surface area (Å²) < 4.78 is 5.36. The number of nitrogens with zero attached hydrogens (tertiary/aromatic N) is 1. The molecule has 92 valence electrons. The molecule has 1 rings (SSSR count). The number of thiocarbonyl (C=S) groups is 1. The van der Waals surface area contributed by atoms with Crippen LogP contribution in [0.1, 0.15) is 6.92 Å². The van der Waals surface area contributed by atoms with Crippen LogP contribution in [0.2, 0.25) is 0 Å². The molecule has 0 aliphatic carbocycles. The summed E-state index contributed by atoms with van der Waals surface area (Å²) in [6, 6.07) is 9.20. The number of carbonyl (C=O) groups excluding carboxylic acids is 1. The van der Waals surface area contributed by atoms with Crippen molar-refractivity contribution in [2.75, 3.05) is 19.7 Å². The molecule has 4 nitrogen and oxygen atoms in total. The maximum absolute atomic E-state index is 11.8. The summed E-state index contributed by atoms with van der Waals surface area (Å²) in [4.78, 5) is 13.6. The van der Waals surface area contributed by atoms with Crippen LogP contribution in [0.15, 0.2) is 30.3 Å². The lowest BCUT2D eigenvalue weighted by Crippen LogP contribution is -2.40. The van der Waals surface area contributed by atoms with E-state index >= 15 is 0 Å². The number of hydrogen-bond donors (Lipinski definition) is 1. The molecule has 1 amide bonds. The Kier molecular flexibility index (Phi) is 5.42. The van der Waals surface area contributed by atoms with Crippen LogP contribution in [0.5, 0.6) is 5.75 Å². The van der Waals surface area contributed by atoms with E-state index in [4.69, 9.17) is 22.7 Å². The van der Waals surface area contributed by atoms with E-state index in [0.717, 1.165) is 0 Å². The Morgan fingerprint density at radius 1 is 1.41 bits per heavy atom. The molecule has 0 bridgehead atoms. The zero-order chi connectivity index (χ0) is 12.7. The van der Waals surface area contributed by atoms with E-state index in [1.807, 2.05) is 25.1 Å². The van der Waals surface area contributed by atoms with Crippen molar-refractivity contribution in [3.63, 3.8) is 0 Å². The monoisotopic (exact) mass is 252 g/mol. The van der Waals surface area contributed by atoms with E-state index < -0.39 is 0 Å². The third-order valence-corrected chi connectivity index (χ3v) is 2.32. The topological polar surface area (TPSA) is 55.6 Å². The quantitative estimate of drug-likeness (QED) is 0.773. The Hall–Kier alpha value is -1.62. The van der Waals surface area contributed by atoms with E-state index in [-0.39, 0.29) is 12.5 Å². The molecule has 0 radical (unpaired) electrons. The van der Waals surface area contributed by atoms with Crippen molar-refractivity contribution >= 4 is 23.1 Å². The molecule has 17 heavy (non-hydrogen) atoms. The van der Waals surface area contributed by atoms with Crippen LogP contribution in [-0.4, -0.2) is 35.5 Å². The molecule has 0 atom stereocenters. The molecule has 5 heteroatoms. The maximum atomic E-state index is 11.8. The van der Waals surface area contributed by atoms with E-state index in [9.17, 15) is 4.79 Å². The fraction of sp³-hybridized carbons (Fsp3) is 0.333. The molecule has 0 saturated heterocycles. The summed E-state index contributed by atoms with van der Waals surface area (Å²) in [5.41, 5.74) is 5.41. The van der Waals surface area contributed by atoms with Crippen LogP contribution in [0.25, 0.3) is 0 Å². The van der Waals surface area contributed by atoms with Crippen molar-refractivity contribution in [3.8, 4) is 5.75 Å². The SMILES string of the molecule is CCN(CC(N)=S)C(=O)COc1ccccc1. The van der Waals surface area contributed by atoms with Crippen molar-refractivity contribution < 1.29 is 9.53 Å². The molecular weight excluding hydrogens is 236 g/mol. The number of benzene rings is 1. The van der Waals surface area contributed by atoms with E-state index in [1.54, 1.807) is 17.0 Å². The van der Waals surface area contributed by atoms with Crippen LogP contribution in [0.4, 0.5) is 0 Å². The average Bonchev–Trinajstić information content (AvgIpc) is 2.34. The lowest BCUT2D eigenvalue weighted by molar-refractivity contribution is -0.132. The lowest BCUT2D eigenvalue weighted by atomic mass is 10.3. The molecule has 0 saturated carbocycles. The number of amides is 1. The first-order valence-electron chi connectivity index (χ1n) is 5.37. The Balaban J connectivity index is 2.45. The second kappa shape index (κ2) is 6.85. The van der Waals surface area contributed by atoms with Crippen molar-refractivity contribution in [1.82, 2.24) is 4.90 Å². The Bertz CT molecular complexity index is 381. The van der Waals surface area contributed by atoms with Crippen LogP contribution in [-0.2, 0) is 4.79 Å². The lowest BCUT2D eigenvalue weighted by Gasteiger charge is -2.20. The van der Waals surface area contributed by atoms with Crippen molar-refractivity contribution in [2.24, 2.45) is 5.73 Å². The summed E-state index contributed by atoms with van der Waals surface area (Å²) in [7, 11) is 0. The number of ether oxygens (including phenoxy) is 1. The average molecular weight is 252 g/mol. The Labute approximate surface area is 106 Å². The smallest absolute Gasteiger partial charge is 0.260 e. The Morgan fingerprint density at radius 3 is 2.59 bits per heavy atom. The number of hydrogen-bond acceptors (Lipinski definition) is 3. The highest BCUT2D eigenvalue weighted by Crippen LogP contribution is 2.08. The highest BCUT2D eigenvalue weighted by atomic mass is 32.1. The second-order valence-corrected chi connectivity index (χ2v) is 4.00. The normalized spacial score (nSPS) is 9.71. The van der Waals surface area contributed by atoms with Crippen molar-refractivity contribution in [2.45, 2.75) is 6.92 Å². The van der Waals surface area contributed by atoms with Crippen molar-refractivity contribution in [3.05, 3.63) is 30.3 Å². The maximum Gasteiger partial charge on any atom is 0.260 e. The minimum atomic E-state index is -0.121. The van der Waals surface area contributed by atoms with Gasteiger partial charge in [0.2, 0.25) is 0 Å². The third-order valence-electron chi connectivity index (χ3n) is 2.19. The molecule has 0 aliphatic rings. The summed E-state index contributed by atoms with van der Waals surface area (Å²) >= 11 is 4.78. The number of rotatable bonds is 6. The molecule has 0 fully saturated rings. The minimum Gasteiger partial charge on any atom is -0.484 e. The molecule has 1 aromatic carbocycles. The molecule has 0 heterocycles. The Morgan fingerprint density at radius 2 is 2.06 bits per heavy atom. The van der Waals surface area contributed by atoms with Gasteiger partial charge in [-0.15, -0.1) is 0 Å². The van der Waals surface area contributed by atoms with E-state index in [0.29, 0.717) is 23.8 Å². The zero-order valence-corrected chi connectivity index (χ0v) is 10.6. The standard InChI is InChI=1S/C12H16N2O2S/c1-2-14(8-11(13)17)12(15)9-16-10-6-4-3-5-7-10/h3-7H,2,8-9H2,1H3,(H2,13,17). The van der Waals surface area contributed by atoms with Gasteiger partial charge in [0.25, 0.3) is 5.91 Å². The fourth-order valence-electron chi connectivity index (χ4n) is 1.32. The molecule has 0 unspecified atom stereocenters. The van der Waals surface area contributed by atoms with E-state index in [2.05, 4.69) is 0 Å². The van der Waals surface area contributed by atoms with Crippen molar-refractivity contribution in [1.29, 1.82) is 0 Å². The molecule has 0 spiro atoms. The molecular formula is C12H16N2O2S. The van der Waals surface area contributed by atoms with Gasteiger partial charge in [0.15, 0.2) is 6.61 Å². The number of carbonyl (C=O) groups is 1. The first kappa shape index (κ1) is 13.4. The van der Waals surface area contributed by atoms with Gasteiger partial charge in [0.1, 0.15) is 5.75 Å². The van der Waals surface area contributed by atoms with Gasteiger partial charge in [-0.05, 0) is 19.1 Å². The number of nitrogens with two attached hydrogens (primary N) is 1.